The van der Waals surface area contributed by atoms with Gasteiger partial charge in [-0.25, -0.2) is 18.4 Å². The van der Waals surface area contributed by atoms with Crippen molar-refractivity contribution in [2.75, 3.05) is 13.1 Å². The fourth-order valence-corrected chi connectivity index (χ4v) is 4.34. The molecule has 23 heavy (non-hydrogen) atoms. The summed E-state index contributed by atoms with van der Waals surface area (Å²) in [5.41, 5.74) is 0. The van der Waals surface area contributed by atoms with Crippen molar-refractivity contribution in [3.63, 3.8) is 0 Å². The maximum Gasteiger partial charge on any atom is 0.260 e. The Labute approximate surface area is 136 Å². The van der Waals surface area contributed by atoms with Crippen LogP contribution in [-0.4, -0.2) is 50.5 Å². The molecule has 0 aliphatic carbocycles. The average Bonchev–Trinajstić information content (AvgIpc) is 3.19. The Morgan fingerprint density at radius 1 is 1.43 bits per heavy atom. The van der Waals surface area contributed by atoms with E-state index in [0.717, 1.165) is 12.8 Å². The highest BCUT2D eigenvalue weighted by atomic mass is 32.2. The summed E-state index contributed by atoms with van der Waals surface area (Å²) < 4.78 is 28.9. The normalized spacial score (nSPS) is 20.2. The molecule has 9 heteroatoms. The summed E-state index contributed by atoms with van der Waals surface area (Å²) >= 11 is 0. The van der Waals surface area contributed by atoms with Gasteiger partial charge in [-0.1, -0.05) is 13.8 Å². The number of sulfonamides is 1. The monoisotopic (exact) mass is 338 g/mol. The zero-order chi connectivity index (χ0) is 16.4. The Bertz CT molecular complexity index is 737. The Balaban J connectivity index is 1.73. The van der Waals surface area contributed by atoms with Gasteiger partial charge in [0.2, 0.25) is 0 Å². The third kappa shape index (κ3) is 3.45. The van der Waals surface area contributed by atoms with E-state index in [1.165, 1.54) is 12.5 Å². The number of aromatic nitrogens is 5. The van der Waals surface area contributed by atoms with Crippen molar-refractivity contribution < 1.29 is 8.42 Å². The highest BCUT2D eigenvalue weighted by molar-refractivity contribution is 7.89. The summed E-state index contributed by atoms with van der Waals surface area (Å²) in [5, 5.41) is 4.28. The number of rotatable bonds is 5. The van der Waals surface area contributed by atoms with Crippen LogP contribution in [0.2, 0.25) is 0 Å². The molecule has 1 aliphatic heterocycles. The maximum atomic E-state index is 12.8. The van der Waals surface area contributed by atoms with Crippen LogP contribution >= 0.6 is 0 Å². The molecule has 0 bridgehead atoms. The van der Waals surface area contributed by atoms with Crippen LogP contribution in [0.4, 0.5) is 0 Å². The van der Waals surface area contributed by atoms with E-state index < -0.39 is 10.0 Å². The first-order valence-electron chi connectivity index (χ1n) is 7.84. The minimum absolute atomic E-state index is 0.167. The standard InChI is InChI=1S/C14H22N6O2S/c1-11(2)14-16-6-13(18-14)23(21,22)20-5-3-4-12(8-20)7-19-10-15-9-17-19/h6,9-12H,3-5,7-8H2,1-2H3,(H,16,18)/t12-/m1/s1. The first-order valence-corrected chi connectivity index (χ1v) is 9.28. The first-order chi connectivity index (χ1) is 11.0. The van der Waals surface area contributed by atoms with Crippen LogP contribution < -0.4 is 0 Å². The second-order valence-corrected chi connectivity index (χ2v) is 8.18. The molecular weight excluding hydrogens is 316 g/mol. The van der Waals surface area contributed by atoms with Crippen LogP contribution in [-0.2, 0) is 16.6 Å². The fraction of sp³-hybridized carbons (Fsp3) is 0.643. The van der Waals surface area contributed by atoms with Crippen LogP contribution in [0.5, 0.6) is 0 Å². The van der Waals surface area contributed by atoms with E-state index in [4.69, 9.17) is 0 Å². The van der Waals surface area contributed by atoms with Gasteiger partial charge in [0.25, 0.3) is 10.0 Å². The van der Waals surface area contributed by atoms with Gasteiger partial charge in [-0.15, -0.1) is 0 Å². The van der Waals surface area contributed by atoms with Gasteiger partial charge in [0.1, 0.15) is 18.5 Å². The maximum absolute atomic E-state index is 12.8. The van der Waals surface area contributed by atoms with Gasteiger partial charge in [0.05, 0.1) is 6.20 Å². The molecule has 2 aromatic rings. The second kappa shape index (κ2) is 6.40. The third-order valence-corrected chi connectivity index (χ3v) is 5.91. The van der Waals surface area contributed by atoms with Crippen molar-refractivity contribution in [2.24, 2.45) is 5.92 Å². The lowest BCUT2D eigenvalue weighted by atomic mass is 10.00. The zero-order valence-electron chi connectivity index (χ0n) is 13.4. The number of nitrogens with zero attached hydrogens (tertiary/aromatic N) is 5. The Hall–Kier alpha value is -1.74. The molecular formula is C14H22N6O2S. The van der Waals surface area contributed by atoms with Crippen LogP contribution in [0.3, 0.4) is 0 Å². The minimum atomic E-state index is -3.52. The highest BCUT2D eigenvalue weighted by Gasteiger charge is 2.32. The van der Waals surface area contributed by atoms with E-state index in [2.05, 4.69) is 20.1 Å². The zero-order valence-corrected chi connectivity index (χ0v) is 14.2. The summed E-state index contributed by atoms with van der Waals surface area (Å²) in [6.07, 6.45) is 6.42. The summed E-state index contributed by atoms with van der Waals surface area (Å²) in [5.74, 6) is 1.10. The Morgan fingerprint density at radius 2 is 2.26 bits per heavy atom. The van der Waals surface area contributed by atoms with Crippen LogP contribution in [0, 0.1) is 5.92 Å². The summed E-state index contributed by atoms with van der Waals surface area (Å²) in [4.78, 5) is 11.0. The number of piperidine rings is 1. The molecule has 1 aliphatic rings. The molecule has 3 heterocycles. The molecule has 3 rings (SSSR count). The number of nitrogens with one attached hydrogen (secondary N) is 1. The lowest BCUT2D eigenvalue weighted by Crippen LogP contribution is -2.41. The predicted molar refractivity (Wildman–Crippen MR) is 84.2 cm³/mol. The van der Waals surface area contributed by atoms with Crippen molar-refractivity contribution >= 4 is 10.0 Å². The van der Waals surface area contributed by atoms with E-state index in [-0.39, 0.29) is 16.9 Å². The van der Waals surface area contributed by atoms with Crippen molar-refractivity contribution in [1.82, 2.24) is 29.0 Å². The van der Waals surface area contributed by atoms with Gasteiger partial charge in [0, 0.05) is 25.6 Å². The SMILES string of the molecule is CC(C)c1ncc(S(=O)(=O)N2CCC[C@H](Cn3cncn3)C2)[nH]1. The molecule has 1 N–H and O–H groups in total. The molecule has 0 unspecified atom stereocenters. The molecule has 0 amide bonds. The molecule has 1 atom stereocenters. The molecule has 0 saturated carbocycles. The molecule has 8 nitrogen and oxygen atoms in total. The summed E-state index contributed by atoms with van der Waals surface area (Å²) in [6, 6.07) is 0. The van der Waals surface area contributed by atoms with E-state index >= 15 is 0 Å². The summed E-state index contributed by atoms with van der Waals surface area (Å²) in [7, 11) is -3.52. The van der Waals surface area contributed by atoms with Gasteiger partial charge in [0.15, 0.2) is 5.03 Å². The van der Waals surface area contributed by atoms with Crippen molar-refractivity contribution in [3.05, 3.63) is 24.7 Å². The number of hydrogen-bond acceptors (Lipinski definition) is 5. The molecule has 0 radical (unpaired) electrons. The van der Waals surface area contributed by atoms with Crippen molar-refractivity contribution in [2.45, 2.75) is 44.2 Å². The third-order valence-electron chi connectivity index (χ3n) is 4.13. The quantitative estimate of drug-likeness (QED) is 0.884. The number of imidazole rings is 1. The van der Waals surface area contributed by atoms with E-state index in [0.29, 0.717) is 25.5 Å². The van der Waals surface area contributed by atoms with Crippen molar-refractivity contribution in [1.29, 1.82) is 0 Å². The van der Waals surface area contributed by atoms with Crippen LogP contribution in [0.15, 0.2) is 23.9 Å². The van der Waals surface area contributed by atoms with Crippen LogP contribution in [0.25, 0.3) is 0 Å². The van der Waals surface area contributed by atoms with Crippen molar-refractivity contribution in [3.8, 4) is 0 Å². The van der Waals surface area contributed by atoms with Gasteiger partial charge < -0.3 is 4.98 Å². The van der Waals surface area contributed by atoms with Gasteiger partial charge in [-0.3, -0.25) is 4.68 Å². The smallest absolute Gasteiger partial charge is 0.260 e. The van der Waals surface area contributed by atoms with Gasteiger partial charge >= 0.3 is 0 Å². The lowest BCUT2D eigenvalue weighted by Gasteiger charge is -2.31. The van der Waals surface area contributed by atoms with E-state index in [9.17, 15) is 8.42 Å². The number of hydrogen-bond donors (Lipinski definition) is 1. The predicted octanol–water partition coefficient (Wildman–Crippen LogP) is 1.23. The first kappa shape index (κ1) is 16.1. The largest absolute Gasteiger partial charge is 0.332 e. The molecule has 2 aromatic heterocycles. The Kier molecular flexibility index (Phi) is 4.49. The number of H-pyrrole nitrogens is 1. The molecule has 0 spiro atoms. The Morgan fingerprint density at radius 3 is 2.91 bits per heavy atom. The number of aromatic amines is 1. The van der Waals surface area contributed by atoms with E-state index in [1.54, 1.807) is 15.3 Å². The van der Waals surface area contributed by atoms with Crippen LogP contribution in [0.1, 0.15) is 38.4 Å². The average molecular weight is 338 g/mol. The lowest BCUT2D eigenvalue weighted by molar-refractivity contribution is 0.239. The second-order valence-electron chi connectivity index (χ2n) is 6.28. The molecule has 1 fully saturated rings. The van der Waals surface area contributed by atoms with Gasteiger partial charge in [-0.05, 0) is 18.8 Å². The molecule has 0 aromatic carbocycles. The minimum Gasteiger partial charge on any atom is -0.332 e. The fourth-order valence-electron chi connectivity index (χ4n) is 2.87. The topological polar surface area (TPSA) is 96.8 Å². The van der Waals surface area contributed by atoms with Gasteiger partial charge in [-0.2, -0.15) is 9.40 Å². The van der Waals surface area contributed by atoms with E-state index in [1.807, 2.05) is 13.8 Å². The highest BCUT2D eigenvalue weighted by Crippen LogP contribution is 2.24. The molecule has 126 valence electrons. The summed E-state index contributed by atoms with van der Waals surface area (Å²) in [6.45, 7) is 5.69. The molecule has 1 saturated heterocycles.